The van der Waals surface area contributed by atoms with Gasteiger partial charge in [0.25, 0.3) is 0 Å². The molecule has 3 nitrogen and oxygen atoms in total. The number of likely N-dealkylation sites (N-methyl/N-ethyl adjacent to an activating group) is 1. The molecule has 1 rings (SSSR count). The summed E-state index contributed by atoms with van der Waals surface area (Å²) >= 11 is 0. The number of rotatable bonds is 10. The monoisotopic (exact) mass is 279 g/mol. The van der Waals surface area contributed by atoms with Crippen molar-refractivity contribution in [3.8, 4) is 11.5 Å². The van der Waals surface area contributed by atoms with Crippen LogP contribution in [0.5, 0.6) is 11.5 Å². The van der Waals surface area contributed by atoms with Crippen LogP contribution in [-0.2, 0) is 0 Å². The third-order valence-corrected chi connectivity index (χ3v) is 3.32. The second-order valence-electron chi connectivity index (χ2n) is 4.93. The standard InChI is InChI=1S/C17H29NO2/c1-5-10-16(18-7-3)17(6-2)20-15-12-9-11-14(13-15)19-8-4/h9,11-13,16-18H,5-8,10H2,1-4H3. The highest BCUT2D eigenvalue weighted by Gasteiger charge is 2.20. The van der Waals surface area contributed by atoms with Gasteiger partial charge in [-0.15, -0.1) is 0 Å². The minimum atomic E-state index is 0.201. The second-order valence-corrected chi connectivity index (χ2v) is 4.93. The van der Waals surface area contributed by atoms with Crippen molar-refractivity contribution in [2.45, 2.75) is 59.1 Å². The van der Waals surface area contributed by atoms with Gasteiger partial charge in [0.1, 0.15) is 17.6 Å². The number of ether oxygens (including phenoxy) is 2. The van der Waals surface area contributed by atoms with Crippen molar-refractivity contribution in [1.82, 2.24) is 5.32 Å². The van der Waals surface area contributed by atoms with Gasteiger partial charge in [-0.2, -0.15) is 0 Å². The van der Waals surface area contributed by atoms with E-state index in [1.165, 1.54) is 0 Å². The van der Waals surface area contributed by atoms with Crippen LogP contribution < -0.4 is 14.8 Å². The molecule has 0 aromatic heterocycles. The Balaban J connectivity index is 2.72. The zero-order valence-corrected chi connectivity index (χ0v) is 13.3. The van der Waals surface area contributed by atoms with Crippen LogP contribution in [0.1, 0.15) is 47.0 Å². The van der Waals surface area contributed by atoms with Gasteiger partial charge in [-0.1, -0.05) is 33.3 Å². The maximum atomic E-state index is 6.18. The molecule has 1 aromatic rings. The minimum absolute atomic E-state index is 0.201. The SMILES string of the molecule is CCCC(NCC)C(CC)Oc1cccc(OCC)c1. The van der Waals surface area contributed by atoms with Gasteiger partial charge in [0.2, 0.25) is 0 Å². The molecule has 0 saturated heterocycles. The summed E-state index contributed by atoms with van der Waals surface area (Å²) in [5, 5.41) is 3.54. The van der Waals surface area contributed by atoms with Gasteiger partial charge in [0, 0.05) is 12.1 Å². The summed E-state index contributed by atoms with van der Waals surface area (Å²) in [7, 11) is 0. The van der Waals surface area contributed by atoms with E-state index in [1.807, 2.05) is 31.2 Å². The van der Waals surface area contributed by atoms with Crippen LogP contribution in [0.25, 0.3) is 0 Å². The highest BCUT2D eigenvalue weighted by molar-refractivity contribution is 5.33. The molecular formula is C17H29NO2. The van der Waals surface area contributed by atoms with Gasteiger partial charge >= 0.3 is 0 Å². The largest absolute Gasteiger partial charge is 0.494 e. The normalized spacial score (nSPS) is 13.8. The van der Waals surface area contributed by atoms with Gasteiger partial charge in [0.05, 0.1) is 6.61 Å². The Morgan fingerprint density at radius 1 is 1.10 bits per heavy atom. The molecule has 0 heterocycles. The van der Waals surface area contributed by atoms with E-state index in [9.17, 15) is 0 Å². The summed E-state index contributed by atoms with van der Waals surface area (Å²) < 4.78 is 11.7. The topological polar surface area (TPSA) is 30.5 Å². The molecule has 0 amide bonds. The maximum Gasteiger partial charge on any atom is 0.123 e. The van der Waals surface area contributed by atoms with Crippen LogP contribution in [0.2, 0.25) is 0 Å². The number of hydrogen-bond acceptors (Lipinski definition) is 3. The molecular weight excluding hydrogens is 250 g/mol. The lowest BCUT2D eigenvalue weighted by atomic mass is 10.0. The zero-order valence-electron chi connectivity index (χ0n) is 13.3. The van der Waals surface area contributed by atoms with Crippen molar-refractivity contribution in [3.05, 3.63) is 24.3 Å². The third-order valence-electron chi connectivity index (χ3n) is 3.32. The van der Waals surface area contributed by atoms with Crippen molar-refractivity contribution in [1.29, 1.82) is 0 Å². The summed E-state index contributed by atoms with van der Waals surface area (Å²) in [4.78, 5) is 0. The van der Waals surface area contributed by atoms with Crippen molar-refractivity contribution >= 4 is 0 Å². The van der Waals surface area contributed by atoms with E-state index in [-0.39, 0.29) is 6.10 Å². The summed E-state index contributed by atoms with van der Waals surface area (Å²) in [6.45, 7) is 10.2. The van der Waals surface area contributed by atoms with E-state index in [2.05, 4.69) is 26.1 Å². The Hall–Kier alpha value is -1.22. The highest BCUT2D eigenvalue weighted by atomic mass is 16.5. The van der Waals surface area contributed by atoms with E-state index in [1.54, 1.807) is 0 Å². The molecule has 1 N–H and O–H groups in total. The molecule has 0 aliphatic heterocycles. The van der Waals surface area contributed by atoms with Gasteiger partial charge < -0.3 is 14.8 Å². The first kappa shape index (κ1) is 16.8. The first-order valence-corrected chi connectivity index (χ1v) is 7.87. The Labute approximate surface area is 123 Å². The lowest BCUT2D eigenvalue weighted by Crippen LogP contribution is -2.42. The van der Waals surface area contributed by atoms with E-state index in [0.717, 1.165) is 37.3 Å². The summed E-state index contributed by atoms with van der Waals surface area (Å²) in [6, 6.07) is 8.33. The van der Waals surface area contributed by atoms with Crippen LogP contribution in [0.3, 0.4) is 0 Å². The van der Waals surface area contributed by atoms with E-state index in [0.29, 0.717) is 12.6 Å². The molecule has 1 aromatic carbocycles. The van der Waals surface area contributed by atoms with E-state index >= 15 is 0 Å². The fraction of sp³-hybridized carbons (Fsp3) is 0.647. The molecule has 0 saturated carbocycles. The van der Waals surface area contributed by atoms with Gasteiger partial charge in [-0.3, -0.25) is 0 Å². The quantitative estimate of drug-likeness (QED) is 0.701. The lowest BCUT2D eigenvalue weighted by Gasteiger charge is -2.27. The summed E-state index contributed by atoms with van der Waals surface area (Å²) in [6.07, 6.45) is 3.50. The van der Waals surface area contributed by atoms with Crippen LogP contribution in [0, 0.1) is 0 Å². The molecule has 0 fully saturated rings. The average molecular weight is 279 g/mol. The van der Waals surface area contributed by atoms with Crippen LogP contribution in [0.4, 0.5) is 0 Å². The van der Waals surface area contributed by atoms with Crippen molar-refractivity contribution in [3.63, 3.8) is 0 Å². The van der Waals surface area contributed by atoms with Gasteiger partial charge in [-0.25, -0.2) is 0 Å². The predicted molar refractivity (Wildman–Crippen MR) is 84.7 cm³/mol. The van der Waals surface area contributed by atoms with Crippen LogP contribution >= 0.6 is 0 Å². The Morgan fingerprint density at radius 2 is 1.85 bits per heavy atom. The Morgan fingerprint density at radius 3 is 2.45 bits per heavy atom. The number of benzene rings is 1. The molecule has 0 spiro atoms. The highest BCUT2D eigenvalue weighted by Crippen LogP contribution is 2.22. The fourth-order valence-electron chi connectivity index (χ4n) is 2.42. The summed E-state index contributed by atoms with van der Waals surface area (Å²) in [5.41, 5.74) is 0. The summed E-state index contributed by atoms with van der Waals surface area (Å²) in [5.74, 6) is 1.76. The van der Waals surface area contributed by atoms with Gasteiger partial charge in [-0.05, 0) is 38.4 Å². The predicted octanol–water partition coefficient (Wildman–Crippen LogP) is 4.02. The first-order valence-electron chi connectivity index (χ1n) is 7.87. The molecule has 2 unspecified atom stereocenters. The van der Waals surface area contributed by atoms with E-state index < -0.39 is 0 Å². The second kappa shape index (κ2) is 9.65. The van der Waals surface area contributed by atoms with Crippen LogP contribution in [-0.4, -0.2) is 25.3 Å². The van der Waals surface area contributed by atoms with Crippen molar-refractivity contribution < 1.29 is 9.47 Å². The van der Waals surface area contributed by atoms with Crippen LogP contribution in [0.15, 0.2) is 24.3 Å². The Kier molecular flexibility index (Phi) is 8.12. The minimum Gasteiger partial charge on any atom is -0.494 e. The average Bonchev–Trinajstić information content (AvgIpc) is 2.45. The zero-order chi connectivity index (χ0) is 14.8. The molecule has 3 heteroatoms. The fourth-order valence-corrected chi connectivity index (χ4v) is 2.42. The Bertz CT molecular complexity index is 362. The smallest absolute Gasteiger partial charge is 0.123 e. The molecule has 0 aliphatic carbocycles. The third kappa shape index (κ3) is 5.41. The first-order chi connectivity index (χ1) is 9.74. The molecule has 0 aliphatic rings. The lowest BCUT2D eigenvalue weighted by molar-refractivity contribution is 0.143. The molecule has 0 radical (unpaired) electrons. The molecule has 114 valence electrons. The van der Waals surface area contributed by atoms with E-state index in [4.69, 9.17) is 9.47 Å². The maximum absolute atomic E-state index is 6.18. The molecule has 20 heavy (non-hydrogen) atoms. The number of nitrogens with one attached hydrogen (secondary N) is 1. The van der Waals surface area contributed by atoms with Crippen molar-refractivity contribution in [2.75, 3.05) is 13.2 Å². The van der Waals surface area contributed by atoms with Gasteiger partial charge in [0.15, 0.2) is 0 Å². The molecule has 2 atom stereocenters. The molecule has 0 bridgehead atoms. The number of hydrogen-bond donors (Lipinski definition) is 1. The van der Waals surface area contributed by atoms with Crippen molar-refractivity contribution in [2.24, 2.45) is 0 Å².